The van der Waals surface area contributed by atoms with Crippen LogP contribution in [0.1, 0.15) is 52.0 Å². The molecule has 0 amide bonds. The normalized spacial score (nSPS) is 13.3. The molecule has 1 aliphatic rings. The van der Waals surface area contributed by atoms with Gasteiger partial charge < -0.3 is 14.2 Å². The Labute approximate surface area is 266 Å². The summed E-state index contributed by atoms with van der Waals surface area (Å²) in [5.74, 6) is 0.240. The fourth-order valence-electron chi connectivity index (χ4n) is 5.37. The molecule has 0 saturated heterocycles. The molecule has 2 aromatic heterocycles. The zero-order chi connectivity index (χ0) is 32.4. The maximum atomic E-state index is 13.4. The average molecular weight is 648 g/mol. The molecule has 0 atom stereocenters. The first-order valence-electron chi connectivity index (χ1n) is 15.2. The number of allylic oxidation sites excluding steroid dienone is 1. The van der Waals surface area contributed by atoms with Crippen LogP contribution in [0, 0.1) is 13.8 Å². The molecule has 1 aliphatic carbocycles. The number of esters is 1. The predicted octanol–water partition coefficient (Wildman–Crippen LogP) is 6.88. The van der Waals surface area contributed by atoms with E-state index in [2.05, 4.69) is 24.7 Å². The third kappa shape index (κ3) is 7.16. The number of carbonyl (C=O) groups excluding carboxylic acids is 1. The lowest BCUT2D eigenvalue weighted by Gasteiger charge is -2.17. The molecule has 9 nitrogen and oxygen atoms in total. The number of ether oxygens (including phenoxy) is 3. The number of hydrogen-bond acceptors (Lipinski definition) is 7. The Hall–Kier alpha value is -3.93. The van der Waals surface area contributed by atoms with Gasteiger partial charge in [0.1, 0.15) is 5.75 Å². The van der Waals surface area contributed by atoms with Crippen LogP contribution in [-0.4, -0.2) is 56.2 Å². The van der Waals surface area contributed by atoms with Crippen molar-refractivity contribution in [1.82, 2.24) is 13.8 Å². The Kier molecular flexibility index (Phi) is 9.52. The van der Waals surface area contributed by atoms with Crippen LogP contribution in [0.15, 0.2) is 65.6 Å². The third-order valence-corrected chi connectivity index (χ3v) is 11.4. The van der Waals surface area contributed by atoms with Crippen LogP contribution in [0.25, 0.3) is 17.3 Å². The maximum absolute atomic E-state index is 13.4. The third-order valence-electron chi connectivity index (χ3n) is 7.78. The highest BCUT2D eigenvalue weighted by Gasteiger charge is 2.28. The zero-order valence-corrected chi connectivity index (χ0v) is 28.6. The summed E-state index contributed by atoms with van der Waals surface area (Å²) in [5.41, 5.74) is 5.81. The van der Waals surface area contributed by atoms with E-state index >= 15 is 0 Å². The quantitative estimate of drug-likeness (QED) is 0.0715. The van der Waals surface area contributed by atoms with Gasteiger partial charge in [0.15, 0.2) is 12.5 Å². The highest BCUT2D eigenvalue weighted by atomic mass is 32.2. The van der Waals surface area contributed by atoms with Crippen molar-refractivity contribution in [3.05, 3.63) is 94.6 Å². The van der Waals surface area contributed by atoms with Crippen LogP contribution in [0.5, 0.6) is 5.75 Å². The summed E-state index contributed by atoms with van der Waals surface area (Å²) >= 11 is 0. The second kappa shape index (κ2) is 13.2. The summed E-state index contributed by atoms with van der Waals surface area (Å²) in [6.45, 7) is 13.4. The first-order valence-corrected chi connectivity index (χ1v) is 20.4. The van der Waals surface area contributed by atoms with Crippen molar-refractivity contribution in [3.63, 3.8) is 0 Å². The number of rotatable bonds is 12. The van der Waals surface area contributed by atoms with E-state index in [4.69, 9.17) is 14.2 Å². The second-order valence-corrected chi connectivity index (χ2v) is 19.8. The van der Waals surface area contributed by atoms with Crippen LogP contribution >= 0.6 is 0 Å². The Morgan fingerprint density at radius 1 is 0.978 bits per heavy atom. The van der Waals surface area contributed by atoms with Crippen molar-refractivity contribution in [2.24, 2.45) is 0 Å². The monoisotopic (exact) mass is 647 g/mol. The van der Waals surface area contributed by atoms with Gasteiger partial charge in [0.05, 0.1) is 22.9 Å². The molecule has 0 fully saturated rings. The lowest BCUT2D eigenvalue weighted by molar-refractivity contribution is 0.0220. The maximum Gasteiger partial charge on any atom is 0.359 e. The van der Waals surface area contributed by atoms with Crippen molar-refractivity contribution in [2.75, 3.05) is 20.0 Å². The minimum atomic E-state index is -3.77. The van der Waals surface area contributed by atoms with Crippen molar-refractivity contribution < 1.29 is 27.4 Å². The molecular formula is C34H41N3O6SSi. The van der Waals surface area contributed by atoms with Crippen molar-refractivity contribution >= 4 is 35.7 Å². The topological polar surface area (TPSA) is 102 Å². The Balaban J connectivity index is 1.45. The smallest absolute Gasteiger partial charge is 0.359 e. The van der Waals surface area contributed by atoms with Gasteiger partial charge in [-0.1, -0.05) is 31.8 Å². The van der Waals surface area contributed by atoms with Crippen LogP contribution in [0.3, 0.4) is 0 Å². The predicted molar refractivity (Wildman–Crippen MR) is 178 cm³/mol. The highest BCUT2D eigenvalue weighted by molar-refractivity contribution is 7.90. The van der Waals surface area contributed by atoms with Gasteiger partial charge in [0.25, 0.3) is 10.0 Å². The Morgan fingerprint density at radius 2 is 1.69 bits per heavy atom. The van der Waals surface area contributed by atoms with Crippen molar-refractivity contribution in [2.45, 2.75) is 64.2 Å². The molecule has 0 radical (unpaired) electrons. The number of nitrogens with zero attached hydrogens (tertiary/aromatic N) is 3. The van der Waals surface area contributed by atoms with E-state index in [1.807, 2.05) is 30.3 Å². The minimum Gasteiger partial charge on any atom is -0.468 e. The molecule has 0 saturated carbocycles. The molecule has 0 unspecified atom stereocenters. The number of aromatic nitrogens is 3. The van der Waals surface area contributed by atoms with E-state index in [-0.39, 0.29) is 24.0 Å². The number of aryl methyl sites for hydroxylation is 2. The summed E-state index contributed by atoms with van der Waals surface area (Å²) in [6, 6.07) is 19.1. The number of fused-ring (bicyclic) bond motifs is 1. The standard InChI is InChI=1S/C34H41N3O6SSi/c1-7-42-34(38)33-31-18-13-27(26-9-8-10-29(21-26)43-23-41-19-20-45(4,5)6)22-32(31)36(35-33)28-14-16-30(17-15-28)44(39,40)37-24(2)11-12-25(37)3/h8-12,14-17,21-22H,7,13,18-20,23H2,1-6H3. The van der Waals surface area contributed by atoms with Crippen LogP contribution in [0.2, 0.25) is 25.7 Å². The molecule has 2 aromatic carbocycles. The van der Waals surface area contributed by atoms with Gasteiger partial charge in [0, 0.05) is 31.6 Å². The van der Waals surface area contributed by atoms with Gasteiger partial charge in [0.2, 0.25) is 0 Å². The van der Waals surface area contributed by atoms with E-state index in [0.29, 0.717) is 36.5 Å². The summed E-state index contributed by atoms with van der Waals surface area (Å²) < 4.78 is 46.8. The fraction of sp³-hybridized carbons (Fsp3) is 0.353. The Morgan fingerprint density at radius 3 is 2.36 bits per heavy atom. The molecule has 4 aromatic rings. The lowest BCUT2D eigenvalue weighted by atomic mass is 9.91. The van der Waals surface area contributed by atoms with Crippen LogP contribution in [0.4, 0.5) is 0 Å². The molecule has 2 heterocycles. The van der Waals surface area contributed by atoms with Crippen LogP contribution < -0.4 is 4.74 Å². The fourth-order valence-corrected chi connectivity index (χ4v) is 7.70. The number of carbonyl (C=O) groups is 1. The van der Waals surface area contributed by atoms with Gasteiger partial charge in [-0.3, -0.25) is 0 Å². The van der Waals surface area contributed by atoms with E-state index in [1.165, 1.54) is 3.97 Å². The molecular weight excluding hydrogens is 607 g/mol. The van der Waals surface area contributed by atoms with E-state index < -0.39 is 24.1 Å². The van der Waals surface area contributed by atoms with E-state index in [9.17, 15) is 13.2 Å². The molecule has 0 spiro atoms. The SMILES string of the molecule is CCOC(=O)c1nn(-c2ccc(S(=O)(=O)n3c(C)ccc3C)cc2)c2c1CCC(c1cccc(OCOCC[Si](C)(C)C)c1)=C2. The van der Waals surface area contributed by atoms with E-state index in [1.54, 1.807) is 61.9 Å². The molecule has 0 aliphatic heterocycles. The van der Waals surface area contributed by atoms with Crippen LogP contribution in [-0.2, 0) is 25.9 Å². The second-order valence-electron chi connectivity index (χ2n) is 12.4. The van der Waals surface area contributed by atoms with Gasteiger partial charge in [-0.05, 0) is 105 Å². The summed E-state index contributed by atoms with van der Waals surface area (Å²) in [5, 5.41) is 4.68. The van der Waals surface area contributed by atoms with Gasteiger partial charge >= 0.3 is 5.97 Å². The molecule has 45 heavy (non-hydrogen) atoms. The largest absolute Gasteiger partial charge is 0.468 e. The van der Waals surface area contributed by atoms with Gasteiger partial charge in [-0.25, -0.2) is 21.9 Å². The number of hydrogen-bond donors (Lipinski definition) is 0. The van der Waals surface area contributed by atoms with E-state index in [0.717, 1.165) is 34.2 Å². The van der Waals surface area contributed by atoms with Crippen molar-refractivity contribution in [3.8, 4) is 11.4 Å². The molecule has 238 valence electrons. The average Bonchev–Trinajstić information content (AvgIpc) is 3.56. The summed E-state index contributed by atoms with van der Waals surface area (Å²) in [4.78, 5) is 13.1. The highest BCUT2D eigenvalue weighted by Crippen LogP contribution is 2.35. The first kappa shape index (κ1) is 32.5. The summed E-state index contributed by atoms with van der Waals surface area (Å²) in [6.07, 6.45) is 3.34. The molecule has 0 bridgehead atoms. The lowest BCUT2D eigenvalue weighted by Crippen LogP contribution is -2.22. The Bertz CT molecular complexity index is 1810. The van der Waals surface area contributed by atoms with Crippen molar-refractivity contribution in [1.29, 1.82) is 0 Å². The minimum absolute atomic E-state index is 0.165. The van der Waals surface area contributed by atoms with Gasteiger partial charge in [-0.15, -0.1) is 0 Å². The molecule has 0 N–H and O–H groups in total. The zero-order valence-electron chi connectivity index (χ0n) is 26.8. The van der Waals surface area contributed by atoms with Gasteiger partial charge in [-0.2, -0.15) is 5.10 Å². The molecule has 11 heteroatoms. The number of benzene rings is 2. The first-order chi connectivity index (χ1) is 21.4. The summed E-state index contributed by atoms with van der Waals surface area (Å²) in [7, 11) is -4.94. The molecule has 5 rings (SSSR count).